The van der Waals surface area contributed by atoms with Crippen molar-refractivity contribution in [2.24, 2.45) is 0 Å². The molecule has 17 heavy (non-hydrogen) atoms. The van der Waals surface area contributed by atoms with E-state index in [0.717, 1.165) is 11.8 Å². The summed E-state index contributed by atoms with van der Waals surface area (Å²) in [6, 6.07) is 8.93. The summed E-state index contributed by atoms with van der Waals surface area (Å²) in [5, 5.41) is 7.82. The van der Waals surface area contributed by atoms with E-state index >= 15 is 0 Å². The molecule has 0 amide bonds. The second kappa shape index (κ2) is 4.84. The summed E-state index contributed by atoms with van der Waals surface area (Å²) in [6.45, 7) is 3.72. The Balaban J connectivity index is 2.12. The van der Waals surface area contributed by atoms with E-state index in [1.54, 1.807) is 24.3 Å². The van der Waals surface area contributed by atoms with Crippen LogP contribution in [0.5, 0.6) is 0 Å². The molecular weight excluding hydrogens is 236 g/mol. The average Bonchev–Trinajstić information content (AvgIpc) is 2.75. The van der Waals surface area contributed by atoms with Crippen LogP contribution in [0.3, 0.4) is 0 Å². The summed E-state index contributed by atoms with van der Waals surface area (Å²) < 4.78 is 1.24. The lowest BCUT2D eigenvalue weighted by molar-refractivity contribution is 0.104. The Morgan fingerprint density at radius 3 is 2.65 bits per heavy atom. The fraction of sp³-hybridized carbons (Fsp3) is 0. The van der Waals surface area contributed by atoms with Crippen molar-refractivity contribution < 1.29 is 4.79 Å². The zero-order valence-corrected chi connectivity index (χ0v) is 9.72. The highest BCUT2D eigenvalue weighted by Gasteiger charge is 2.13. The van der Waals surface area contributed by atoms with Gasteiger partial charge in [-0.15, -0.1) is 10.2 Å². The Morgan fingerprint density at radius 1 is 1.35 bits per heavy atom. The van der Waals surface area contributed by atoms with Crippen LogP contribution in [0, 0.1) is 0 Å². The van der Waals surface area contributed by atoms with Crippen molar-refractivity contribution in [2.75, 3.05) is 5.84 Å². The maximum atomic E-state index is 12.0. The molecule has 0 atom stereocenters. The quantitative estimate of drug-likeness (QED) is 0.383. The van der Waals surface area contributed by atoms with E-state index in [-0.39, 0.29) is 5.78 Å². The Hall–Kier alpha value is -2.08. The highest BCUT2D eigenvalue weighted by molar-refractivity contribution is 8.03. The third-order valence-electron chi connectivity index (χ3n) is 2.04. The standard InChI is InChI=1S/C11H10N4OS/c1-8(17-11-14-13-7-15(11)12)10(16)9-5-3-2-4-6-9/h2-7H,1,12H2. The molecule has 0 aliphatic rings. The van der Waals surface area contributed by atoms with Gasteiger partial charge in [-0.3, -0.25) is 4.79 Å². The van der Waals surface area contributed by atoms with Crippen molar-refractivity contribution in [2.45, 2.75) is 5.16 Å². The zero-order chi connectivity index (χ0) is 12.3. The van der Waals surface area contributed by atoms with Gasteiger partial charge in [-0.25, -0.2) is 4.68 Å². The van der Waals surface area contributed by atoms with Crippen molar-refractivity contribution in [3.05, 3.63) is 53.7 Å². The number of hydrogen-bond donors (Lipinski definition) is 1. The summed E-state index contributed by atoms with van der Waals surface area (Å²) >= 11 is 1.10. The van der Waals surface area contributed by atoms with Crippen molar-refractivity contribution >= 4 is 17.5 Å². The highest BCUT2D eigenvalue weighted by Crippen LogP contribution is 2.24. The van der Waals surface area contributed by atoms with Gasteiger partial charge in [0.05, 0.1) is 4.91 Å². The molecule has 1 aromatic carbocycles. The normalized spacial score (nSPS) is 10.1. The molecule has 0 saturated carbocycles. The number of nitrogen functional groups attached to an aromatic ring is 1. The van der Waals surface area contributed by atoms with Gasteiger partial charge in [-0.05, 0) is 11.8 Å². The van der Waals surface area contributed by atoms with Gasteiger partial charge in [0.2, 0.25) is 5.16 Å². The summed E-state index contributed by atoms with van der Waals surface area (Å²) in [5.74, 6) is 5.41. The SMILES string of the molecule is C=C(Sc1nncn1N)C(=O)c1ccccc1. The molecule has 1 heterocycles. The van der Waals surface area contributed by atoms with E-state index in [4.69, 9.17) is 5.84 Å². The molecule has 1 aromatic heterocycles. The number of hydrogen-bond acceptors (Lipinski definition) is 5. The van der Waals surface area contributed by atoms with Crippen molar-refractivity contribution in [1.29, 1.82) is 0 Å². The van der Waals surface area contributed by atoms with E-state index in [0.29, 0.717) is 15.6 Å². The number of rotatable bonds is 4. The van der Waals surface area contributed by atoms with Crippen LogP contribution >= 0.6 is 11.8 Å². The molecule has 0 aliphatic heterocycles. The molecule has 0 bridgehead atoms. The molecule has 0 fully saturated rings. The van der Waals surface area contributed by atoms with Crippen LogP contribution in [0.4, 0.5) is 0 Å². The average molecular weight is 246 g/mol. The number of Topliss-reactive ketones (excluding diaryl/α,β-unsaturated/α-hetero) is 1. The van der Waals surface area contributed by atoms with E-state index in [1.165, 1.54) is 11.0 Å². The maximum Gasteiger partial charge on any atom is 0.214 e. The predicted octanol–water partition coefficient (Wildman–Crippen LogP) is 1.48. The third-order valence-corrected chi connectivity index (χ3v) is 2.95. The van der Waals surface area contributed by atoms with Crippen LogP contribution in [0.15, 0.2) is 53.3 Å². The lowest BCUT2D eigenvalue weighted by atomic mass is 10.1. The minimum atomic E-state index is -0.140. The highest BCUT2D eigenvalue weighted by atomic mass is 32.2. The minimum absolute atomic E-state index is 0.140. The lowest BCUT2D eigenvalue weighted by Gasteiger charge is -2.03. The smallest absolute Gasteiger partial charge is 0.214 e. The minimum Gasteiger partial charge on any atom is -0.336 e. The molecule has 0 saturated heterocycles. The monoisotopic (exact) mass is 246 g/mol. The van der Waals surface area contributed by atoms with Gasteiger partial charge in [-0.1, -0.05) is 36.9 Å². The molecule has 0 unspecified atom stereocenters. The second-order valence-electron chi connectivity index (χ2n) is 3.24. The summed E-state index contributed by atoms with van der Waals surface area (Å²) in [7, 11) is 0. The van der Waals surface area contributed by atoms with Crippen molar-refractivity contribution in [3.63, 3.8) is 0 Å². The Morgan fingerprint density at radius 2 is 2.06 bits per heavy atom. The number of ketones is 1. The molecule has 6 heteroatoms. The van der Waals surface area contributed by atoms with Crippen molar-refractivity contribution in [1.82, 2.24) is 14.9 Å². The summed E-state index contributed by atoms with van der Waals surface area (Å²) in [6.07, 6.45) is 1.36. The first-order valence-electron chi connectivity index (χ1n) is 4.80. The van der Waals surface area contributed by atoms with Gasteiger partial charge in [0.15, 0.2) is 5.78 Å². The molecular formula is C11H10N4OS. The van der Waals surface area contributed by atoms with Gasteiger partial charge < -0.3 is 5.84 Å². The summed E-state index contributed by atoms with van der Waals surface area (Å²) in [5.41, 5.74) is 0.591. The number of allylic oxidation sites excluding steroid dienone is 1. The molecule has 0 aliphatic carbocycles. The maximum absolute atomic E-state index is 12.0. The summed E-state index contributed by atoms with van der Waals surface area (Å²) in [4.78, 5) is 12.3. The lowest BCUT2D eigenvalue weighted by Crippen LogP contribution is -2.08. The van der Waals surface area contributed by atoms with Gasteiger partial charge in [0, 0.05) is 5.56 Å². The molecule has 2 rings (SSSR count). The first kappa shape index (κ1) is 11.4. The molecule has 0 spiro atoms. The first-order valence-corrected chi connectivity index (χ1v) is 5.61. The van der Waals surface area contributed by atoms with Crippen molar-refractivity contribution in [3.8, 4) is 0 Å². The zero-order valence-electron chi connectivity index (χ0n) is 8.91. The predicted molar refractivity (Wildman–Crippen MR) is 65.9 cm³/mol. The number of nitrogens with two attached hydrogens (primary N) is 1. The largest absolute Gasteiger partial charge is 0.336 e. The van der Waals surface area contributed by atoms with E-state index in [2.05, 4.69) is 16.8 Å². The third kappa shape index (κ3) is 2.54. The molecule has 5 nitrogen and oxygen atoms in total. The van der Waals surface area contributed by atoms with E-state index in [1.807, 2.05) is 6.07 Å². The molecule has 2 N–H and O–H groups in total. The van der Waals surface area contributed by atoms with Gasteiger partial charge in [0.1, 0.15) is 6.33 Å². The number of thioether (sulfide) groups is 1. The van der Waals surface area contributed by atoms with Gasteiger partial charge >= 0.3 is 0 Å². The number of carbonyl (C=O) groups is 1. The molecule has 2 aromatic rings. The van der Waals surface area contributed by atoms with Crippen LogP contribution in [0.25, 0.3) is 0 Å². The Kier molecular flexibility index (Phi) is 3.24. The van der Waals surface area contributed by atoms with E-state index < -0.39 is 0 Å². The van der Waals surface area contributed by atoms with Gasteiger partial charge in [-0.2, -0.15) is 0 Å². The number of benzene rings is 1. The van der Waals surface area contributed by atoms with Crippen LogP contribution in [-0.2, 0) is 0 Å². The van der Waals surface area contributed by atoms with Crippen LogP contribution < -0.4 is 5.84 Å². The number of nitrogens with zero attached hydrogens (tertiary/aromatic N) is 3. The second-order valence-corrected chi connectivity index (χ2v) is 4.30. The van der Waals surface area contributed by atoms with Crippen LogP contribution in [-0.4, -0.2) is 20.7 Å². The van der Waals surface area contributed by atoms with Gasteiger partial charge in [0.25, 0.3) is 0 Å². The fourth-order valence-corrected chi connectivity index (χ4v) is 1.88. The fourth-order valence-electron chi connectivity index (χ4n) is 1.21. The van der Waals surface area contributed by atoms with E-state index in [9.17, 15) is 4.79 Å². The first-order chi connectivity index (χ1) is 8.18. The Bertz CT molecular complexity index is 550. The number of carbonyl (C=O) groups excluding carboxylic acids is 1. The molecule has 86 valence electrons. The molecule has 0 radical (unpaired) electrons. The van der Waals surface area contributed by atoms with Crippen LogP contribution in [0.1, 0.15) is 10.4 Å². The topological polar surface area (TPSA) is 73.8 Å². The number of aromatic nitrogens is 3. The van der Waals surface area contributed by atoms with Crippen LogP contribution in [0.2, 0.25) is 0 Å². The Labute approximate surface area is 102 Å².